The molecule has 1 aromatic rings. The number of aliphatic hydroxyl groups is 6. The van der Waals surface area contributed by atoms with E-state index in [-0.39, 0.29) is 12.4 Å². The summed E-state index contributed by atoms with van der Waals surface area (Å²) < 4.78 is 32.3. The first-order valence-corrected chi connectivity index (χ1v) is 10.1. The first kappa shape index (κ1) is 24.9. The minimum Gasteiger partial charge on any atom is -0.493 e. The highest BCUT2D eigenvalue weighted by molar-refractivity contribution is 5.45. The molecule has 1 aromatic carbocycles. The molecule has 0 unspecified atom stereocenters. The molecule has 182 valence electrons. The third kappa shape index (κ3) is 5.09. The SMILES string of the molecule is COc1ccc(O[C@@H]2O[C@H](CO[C@@H]3O[C@H](C)[C@H](O)[C@@H](O)[C@H]3O)[C@H](O)[C@H](O)[C@@H]2O)cc1OC. The highest BCUT2D eigenvalue weighted by atomic mass is 16.7. The lowest BCUT2D eigenvalue weighted by molar-refractivity contribution is -0.318. The fourth-order valence-electron chi connectivity index (χ4n) is 3.52. The summed E-state index contributed by atoms with van der Waals surface area (Å²) in [5.74, 6) is 1.07. The van der Waals surface area contributed by atoms with Crippen molar-refractivity contribution in [1.29, 1.82) is 0 Å². The van der Waals surface area contributed by atoms with Gasteiger partial charge in [0.1, 0.15) is 48.5 Å². The monoisotopic (exact) mass is 462 g/mol. The molecule has 2 saturated heterocycles. The van der Waals surface area contributed by atoms with Gasteiger partial charge in [0, 0.05) is 6.07 Å². The minimum absolute atomic E-state index is 0.243. The smallest absolute Gasteiger partial charge is 0.229 e. The van der Waals surface area contributed by atoms with Crippen molar-refractivity contribution in [3.8, 4) is 17.2 Å². The van der Waals surface area contributed by atoms with E-state index in [2.05, 4.69) is 0 Å². The maximum atomic E-state index is 10.3. The molecular weight excluding hydrogens is 432 g/mol. The van der Waals surface area contributed by atoms with Gasteiger partial charge in [-0.2, -0.15) is 0 Å². The van der Waals surface area contributed by atoms with Crippen LogP contribution in [0.25, 0.3) is 0 Å². The molecule has 0 radical (unpaired) electrons. The summed E-state index contributed by atoms with van der Waals surface area (Å²) in [4.78, 5) is 0. The topological polar surface area (TPSA) is 177 Å². The van der Waals surface area contributed by atoms with Crippen LogP contribution >= 0.6 is 0 Å². The van der Waals surface area contributed by atoms with Crippen LogP contribution in [0.1, 0.15) is 6.92 Å². The molecule has 12 heteroatoms. The van der Waals surface area contributed by atoms with Gasteiger partial charge in [0.15, 0.2) is 17.8 Å². The van der Waals surface area contributed by atoms with E-state index in [1.165, 1.54) is 27.2 Å². The van der Waals surface area contributed by atoms with Crippen molar-refractivity contribution in [1.82, 2.24) is 0 Å². The van der Waals surface area contributed by atoms with E-state index < -0.39 is 61.4 Å². The average molecular weight is 462 g/mol. The zero-order valence-corrected chi connectivity index (χ0v) is 17.8. The summed E-state index contributed by atoms with van der Waals surface area (Å²) in [5, 5.41) is 60.5. The minimum atomic E-state index is -1.62. The standard InChI is InChI=1S/C20H30O12/c1-8-13(21)15(23)17(25)19(30-8)29-7-12-14(22)16(24)18(26)20(32-12)31-9-4-5-10(27-2)11(6-9)28-3/h4-6,8,12-26H,7H2,1-3H3/t8-,12-,13+,14+,15-,16+,17-,18+,19-,20-/m1/s1. The highest BCUT2D eigenvalue weighted by Crippen LogP contribution is 2.33. The van der Waals surface area contributed by atoms with Crippen LogP contribution < -0.4 is 14.2 Å². The Hall–Kier alpha value is -1.74. The van der Waals surface area contributed by atoms with Gasteiger partial charge < -0.3 is 59.1 Å². The van der Waals surface area contributed by atoms with E-state index in [4.69, 9.17) is 28.4 Å². The molecule has 0 amide bonds. The predicted octanol–water partition coefficient (Wildman–Crippen LogP) is -2.27. The van der Waals surface area contributed by atoms with Crippen LogP contribution in [0.4, 0.5) is 0 Å². The summed E-state index contributed by atoms with van der Waals surface area (Å²) in [6.07, 6.45) is -13.7. The van der Waals surface area contributed by atoms with Crippen LogP contribution in [0.15, 0.2) is 18.2 Å². The molecular formula is C20H30O12. The Labute approximate surface area is 184 Å². The molecule has 2 aliphatic rings. The highest BCUT2D eigenvalue weighted by Gasteiger charge is 2.47. The molecule has 0 aromatic heterocycles. The van der Waals surface area contributed by atoms with Crippen LogP contribution in [-0.2, 0) is 14.2 Å². The molecule has 0 aliphatic carbocycles. The summed E-state index contributed by atoms with van der Waals surface area (Å²) >= 11 is 0. The first-order valence-electron chi connectivity index (χ1n) is 10.1. The normalized spacial score (nSPS) is 40.0. The maximum absolute atomic E-state index is 10.3. The van der Waals surface area contributed by atoms with Gasteiger partial charge >= 0.3 is 0 Å². The van der Waals surface area contributed by atoms with E-state index >= 15 is 0 Å². The summed E-state index contributed by atoms with van der Waals surface area (Å²) in [6.45, 7) is 1.11. The second-order valence-corrected chi connectivity index (χ2v) is 7.66. The second-order valence-electron chi connectivity index (χ2n) is 7.66. The fourth-order valence-corrected chi connectivity index (χ4v) is 3.52. The lowest BCUT2D eigenvalue weighted by Gasteiger charge is -2.42. The van der Waals surface area contributed by atoms with Gasteiger partial charge in [0.25, 0.3) is 0 Å². The zero-order chi connectivity index (χ0) is 23.6. The molecule has 10 atom stereocenters. The van der Waals surface area contributed by atoms with Crippen molar-refractivity contribution in [3.63, 3.8) is 0 Å². The summed E-state index contributed by atoms with van der Waals surface area (Å²) in [7, 11) is 2.92. The summed E-state index contributed by atoms with van der Waals surface area (Å²) in [6, 6.07) is 4.62. The largest absolute Gasteiger partial charge is 0.493 e. The van der Waals surface area contributed by atoms with Crippen LogP contribution in [-0.4, -0.2) is 113 Å². The van der Waals surface area contributed by atoms with Gasteiger partial charge in [0.2, 0.25) is 6.29 Å². The molecule has 3 rings (SSSR count). The summed E-state index contributed by atoms with van der Waals surface area (Å²) in [5.41, 5.74) is 0. The van der Waals surface area contributed by atoms with Gasteiger partial charge in [-0.3, -0.25) is 0 Å². The maximum Gasteiger partial charge on any atom is 0.229 e. The van der Waals surface area contributed by atoms with E-state index in [9.17, 15) is 30.6 Å². The van der Waals surface area contributed by atoms with Gasteiger partial charge in [-0.05, 0) is 19.1 Å². The van der Waals surface area contributed by atoms with Gasteiger partial charge in [0.05, 0.1) is 26.9 Å². The van der Waals surface area contributed by atoms with E-state index in [1.54, 1.807) is 12.1 Å². The Balaban J connectivity index is 1.66. The lowest BCUT2D eigenvalue weighted by Crippen LogP contribution is -2.61. The zero-order valence-electron chi connectivity index (χ0n) is 17.8. The third-order valence-corrected chi connectivity index (χ3v) is 5.51. The second kappa shape index (κ2) is 10.5. The first-order chi connectivity index (χ1) is 15.2. The quantitative estimate of drug-likeness (QED) is 0.257. The molecule has 2 aliphatic heterocycles. The van der Waals surface area contributed by atoms with E-state index in [0.717, 1.165) is 0 Å². The number of rotatable bonds is 7. The van der Waals surface area contributed by atoms with Gasteiger partial charge in [-0.1, -0.05) is 0 Å². The van der Waals surface area contributed by atoms with E-state index in [1.807, 2.05) is 0 Å². The van der Waals surface area contributed by atoms with Crippen molar-refractivity contribution in [2.45, 2.75) is 68.3 Å². The van der Waals surface area contributed by atoms with Gasteiger partial charge in [-0.15, -0.1) is 0 Å². The van der Waals surface area contributed by atoms with Crippen LogP contribution in [0.5, 0.6) is 17.2 Å². The van der Waals surface area contributed by atoms with Crippen molar-refractivity contribution < 1.29 is 59.1 Å². The van der Waals surface area contributed by atoms with Crippen molar-refractivity contribution in [3.05, 3.63) is 18.2 Å². The Morgan fingerprint density at radius 2 is 1.38 bits per heavy atom. The molecule has 0 spiro atoms. The number of aliphatic hydroxyl groups excluding tert-OH is 6. The number of ether oxygens (including phenoxy) is 6. The molecule has 32 heavy (non-hydrogen) atoms. The Morgan fingerprint density at radius 1 is 0.750 bits per heavy atom. The number of hydrogen-bond acceptors (Lipinski definition) is 12. The molecule has 0 saturated carbocycles. The fraction of sp³-hybridized carbons (Fsp3) is 0.700. The van der Waals surface area contributed by atoms with Crippen LogP contribution in [0, 0.1) is 0 Å². The Kier molecular flexibility index (Phi) is 8.14. The number of hydrogen-bond donors (Lipinski definition) is 6. The Morgan fingerprint density at radius 3 is 2.03 bits per heavy atom. The van der Waals surface area contributed by atoms with Crippen molar-refractivity contribution in [2.75, 3.05) is 20.8 Å². The lowest BCUT2D eigenvalue weighted by atomic mass is 9.98. The van der Waals surface area contributed by atoms with E-state index in [0.29, 0.717) is 11.5 Å². The number of methoxy groups -OCH3 is 2. The van der Waals surface area contributed by atoms with Crippen molar-refractivity contribution in [2.24, 2.45) is 0 Å². The molecule has 6 N–H and O–H groups in total. The van der Waals surface area contributed by atoms with Crippen LogP contribution in [0.3, 0.4) is 0 Å². The Bertz CT molecular complexity index is 747. The average Bonchev–Trinajstić information content (AvgIpc) is 2.79. The molecule has 12 nitrogen and oxygen atoms in total. The molecule has 2 fully saturated rings. The molecule has 2 heterocycles. The molecule has 0 bridgehead atoms. The predicted molar refractivity (Wildman–Crippen MR) is 105 cm³/mol. The van der Waals surface area contributed by atoms with Crippen LogP contribution in [0.2, 0.25) is 0 Å². The van der Waals surface area contributed by atoms with Crippen molar-refractivity contribution >= 4 is 0 Å². The number of benzene rings is 1. The third-order valence-electron chi connectivity index (χ3n) is 5.51. The van der Waals surface area contributed by atoms with Gasteiger partial charge in [-0.25, -0.2) is 0 Å².